The minimum absolute atomic E-state index is 0.133. The Labute approximate surface area is 130 Å². The summed E-state index contributed by atoms with van der Waals surface area (Å²) >= 11 is 5.78. The number of amides is 1. The molecule has 0 aliphatic rings. The van der Waals surface area contributed by atoms with Crippen molar-refractivity contribution in [3.8, 4) is 0 Å². The van der Waals surface area contributed by atoms with Crippen LogP contribution in [0.15, 0.2) is 41.9 Å². The van der Waals surface area contributed by atoms with Gasteiger partial charge in [0, 0.05) is 30.2 Å². The number of benzene rings is 1. The molecule has 1 aromatic rings. The number of carbonyl (C=O) groups is 1. The quantitative estimate of drug-likeness (QED) is 0.311. The Morgan fingerprint density at radius 2 is 2.00 bits per heavy atom. The van der Waals surface area contributed by atoms with Gasteiger partial charge >= 0.3 is 0 Å². The van der Waals surface area contributed by atoms with E-state index in [9.17, 15) is 4.79 Å². The van der Waals surface area contributed by atoms with Gasteiger partial charge in [-0.25, -0.2) is 0 Å². The van der Waals surface area contributed by atoms with Gasteiger partial charge in [-0.05, 0) is 31.2 Å². The van der Waals surface area contributed by atoms with E-state index < -0.39 is 0 Å². The summed E-state index contributed by atoms with van der Waals surface area (Å²) in [5, 5.41) is 9.62. The molecule has 5 nitrogen and oxygen atoms in total. The molecule has 0 saturated carbocycles. The van der Waals surface area contributed by atoms with E-state index in [0.29, 0.717) is 36.2 Å². The summed E-state index contributed by atoms with van der Waals surface area (Å²) < 4.78 is 0. The molecule has 0 heterocycles. The molecular weight excluding hydrogens is 288 g/mol. The van der Waals surface area contributed by atoms with Gasteiger partial charge in [0.15, 0.2) is 5.96 Å². The van der Waals surface area contributed by atoms with Crippen LogP contribution in [-0.2, 0) is 0 Å². The molecule has 0 aromatic heterocycles. The number of hydrogen-bond acceptors (Lipinski definition) is 2. The zero-order valence-corrected chi connectivity index (χ0v) is 12.9. The average molecular weight is 309 g/mol. The molecule has 114 valence electrons. The van der Waals surface area contributed by atoms with Crippen molar-refractivity contribution in [2.45, 2.75) is 6.92 Å². The van der Waals surface area contributed by atoms with Gasteiger partial charge in [0.05, 0.1) is 6.54 Å². The molecule has 6 heteroatoms. The summed E-state index contributed by atoms with van der Waals surface area (Å²) in [4.78, 5) is 16.2. The molecule has 1 aromatic carbocycles. The minimum atomic E-state index is -0.133. The Balaban J connectivity index is 2.38. The summed E-state index contributed by atoms with van der Waals surface area (Å²) in [5.74, 6) is 0.573. The first-order valence-corrected chi connectivity index (χ1v) is 7.22. The van der Waals surface area contributed by atoms with Gasteiger partial charge in [0.25, 0.3) is 5.91 Å². The molecular formula is C15H21ClN4O. The van der Waals surface area contributed by atoms with Crippen molar-refractivity contribution in [3.63, 3.8) is 0 Å². The maximum atomic E-state index is 11.9. The topological polar surface area (TPSA) is 65.5 Å². The average Bonchev–Trinajstić information content (AvgIpc) is 2.49. The van der Waals surface area contributed by atoms with Gasteiger partial charge in [-0.2, -0.15) is 0 Å². The molecule has 0 radical (unpaired) electrons. The van der Waals surface area contributed by atoms with E-state index in [-0.39, 0.29) is 5.91 Å². The Hall–Kier alpha value is -2.01. The molecule has 1 rings (SSSR count). The van der Waals surface area contributed by atoms with E-state index in [1.165, 1.54) is 0 Å². The van der Waals surface area contributed by atoms with E-state index in [2.05, 4.69) is 27.5 Å². The smallest absolute Gasteiger partial charge is 0.251 e. The van der Waals surface area contributed by atoms with Gasteiger partial charge < -0.3 is 16.0 Å². The number of guanidine groups is 1. The lowest BCUT2D eigenvalue weighted by molar-refractivity contribution is 0.0955. The fourth-order valence-corrected chi connectivity index (χ4v) is 1.68. The number of halogens is 1. The third-order valence-electron chi connectivity index (χ3n) is 2.53. The zero-order valence-electron chi connectivity index (χ0n) is 12.2. The normalized spacial score (nSPS) is 10.9. The van der Waals surface area contributed by atoms with Crippen LogP contribution < -0.4 is 16.0 Å². The first kappa shape index (κ1) is 17.0. The van der Waals surface area contributed by atoms with Crippen LogP contribution in [0.5, 0.6) is 0 Å². The highest BCUT2D eigenvalue weighted by Gasteiger charge is 2.03. The van der Waals surface area contributed by atoms with Crippen LogP contribution in [0.3, 0.4) is 0 Å². The first-order valence-electron chi connectivity index (χ1n) is 6.84. The molecule has 3 N–H and O–H groups in total. The van der Waals surface area contributed by atoms with E-state index in [4.69, 9.17) is 11.6 Å². The lowest BCUT2D eigenvalue weighted by Crippen LogP contribution is -2.38. The van der Waals surface area contributed by atoms with Crippen LogP contribution in [0.1, 0.15) is 17.3 Å². The largest absolute Gasteiger partial charge is 0.357 e. The summed E-state index contributed by atoms with van der Waals surface area (Å²) in [6, 6.07) is 6.77. The molecule has 0 unspecified atom stereocenters. The third-order valence-corrected chi connectivity index (χ3v) is 2.78. The van der Waals surface area contributed by atoms with Crippen LogP contribution in [0.25, 0.3) is 0 Å². The summed E-state index contributed by atoms with van der Waals surface area (Å²) in [6.45, 7) is 8.01. The number of carbonyl (C=O) groups excluding carboxylic acids is 1. The predicted molar refractivity (Wildman–Crippen MR) is 88.0 cm³/mol. The summed E-state index contributed by atoms with van der Waals surface area (Å²) in [7, 11) is 0. The summed E-state index contributed by atoms with van der Waals surface area (Å²) in [5.41, 5.74) is 0.583. The Morgan fingerprint density at radius 3 is 2.62 bits per heavy atom. The Kier molecular flexibility index (Phi) is 7.97. The van der Waals surface area contributed by atoms with Gasteiger partial charge in [-0.1, -0.05) is 17.7 Å². The maximum absolute atomic E-state index is 11.9. The maximum Gasteiger partial charge on any atom is 0.251 e. The van der Waals surface area contributed by atoms with Crippen molar-refractivity contribution < 1.29 is 4.79 Å². The number of aliphatic imine (C=N–C) groups is 1. The van der Waals surface area contributed by atoms with Crippen molar-refractivity contribution in [3.05, 3.63) is 47.5 Å². The second-order valence-corrected chi connectivity index (χ2v) is 4.63. The van der Waals surface area contributed by atoms with Crippen LogP contribution in [0.2, 0.25) is 5.02 Å². The fraction of sp³-hybridized carbons (Fsp3) is 0.333. The number of nitrogens with zero attached hydrogens (tertiary/aromatic N) is 1. The van der Waals surface area contributed by atoms with Crippen molar-refractivity contribution in [1.82, 2.24) is 16.0 Å². The van der Waals surface area contributed by atoms with Crippen LogP contribution in [-0.4, -0.2) is 38.0 Å². The van der Waals surface area contributed by atoms with E-state index in [1.54, 1.807) is 30.3 Å². The van der Waals surface area contributed by atoms with Crippen LogP contribution >= 0.6 is 11.6 Å². The molecule has 0 fully saturated rings. The highest BCUT2D eigenvalue weighted by molar-refractivity contribution is 6.30. The molecule has 0 spiro atoms. The molecule has 0 aliphatic carbocycles. The van der Waals surface area contributed by atoms with E-state index in [1.807, 2.05) is 6.92 Å². The first-order chi connectivity index (χ1) is 10.2. The van der Waals surface area contributed by atoms with Gasteiger partial charge in [0.2, 0.25) is 0 Å². The van der Waals surface area contributed by atoms with Gasteiger partial charge in [-0.3, -0.25) is 9.79 Å². The lowest BCUT2D eigenvalue weighted by Gasteiger charge is -2.09. The Morgan fingerprint density at radius 1 is 1.29 bits per heavy atom. The van der Waals surface area contributed by atoms with Gasteiger partial charge in [-0.15, -0.1) is 6.58 Å². The van der Waals surface area contributed by atoms with Crippen molar-refractivity contribution >= 4 is 23.5 Å². The standard InChI is InChI=1S/C15H21ClN4O/c1-3-9-19-15(17-4-2)20-11-10-18-14(21)12-5-7-13(16)8-6-12/h3,5-8H,1,4,9-11H2,2H3,(H,18,21)(H2,17,19,20). The van der Waals surface area contributed by atoms with Crippen LogP contribution in [0.4, 0.5) is 0 Å². The molecule has 0 bridgehead atoms. The van der Waals surface area contributed by atoms with Gasteiger partial charge in [0.1, 0.15) is 0 Å². The zero-order chi connectivity index (χ0) is 15.5. The Bertz CT molecular complexity index is 485. The number of hydrogen-bond donors (Lipinski definition) is 3. The molecule has 0 atom stereocenters. The lowest BCUT2D eigenvalue weighted by atomic mass is 10.2. The predicted octanol–water partition coefficient (Wildman–Crippen LogP) is 1.81. The molecule has 21 heavy (non-hydrogen) atoms. The second kappa shape index (κ2) is 9.83. The molecule has 0 aliphatic heterocycles. The minimum Gasteiger partial charge on any atom is -0.357 e. The highest BCUT2D eigenvalue weighted by atomic mass is 35.5. The fourth-order valence-electron chi connectivity index (χ4n) is 1.55. The molecule has 0 saturated heterocycles. The van der Waals surface area contributed by atoms with Crippen molar-refractivity contribution in [1.29, 1.82) is 0 Å². The van der Waals surface area contributed by atoms with E-state index >= 15 is 0 Å². The number of rotatable bonds is 7. The highest BCUT2D eigenvalue weighted by Crippen LogP contribution is 2.09. The van der Waals surface area contributed by atoms with E-state index in [0.717, 1.165) is 6.54 Å². The monoisotopic (exact) mass is 308 g/mol. The van der Waals surface area contributed by atoms with Crippen molar-refractivity contribution in [2.75, 3.05) is 26.2 Å². The van der Waals surface area contributed by atoms with Crippen molar-refractivity contribution in [2.24, 2.45) is 4.99 Å². The van der Waals surface area contributed by atoms with Crippen LogP contribution in [0, 0.1) is 0 Å². The SMILES string of the molecule is C=CCNC(=NCCNC(=O)c1ccc(Cl)cc1)NCC. The number of nitrogens with one attached hydrogen (secondary N) is 3. The second-order valence-electron chi connectivity index (χ2n) is 4.19. The summed E-state index contributed by atoms with van der Waals surface area (Å²) in [6.07, 6.45) is 1.76. The molecule has 1 amide bonds. The third kappa shape index (κ3) is 6.81.